The summed E-state index contributed by atoms with van der Waals surface area (Å²) in [4.78, 5) is 46.6. The summed E-state index contributed by atoms with van der Waals surface area (Å²) in [5.41, 5.74) is 0.463. The third kappa shape index (κ3) is 6.34. The highest BCUT2D eigenvalue weighted by Crippen LogP contribution is 2.55. The molecule has 2 bridgehead atoms. The number of likely N-dealkylation sites (tertiary alicyclic amines) is 1. The zero-order chi connectivity index (χ0) is 32.6. The molecule has 3 fully saturated rings. The van der Waals surface area contributed by atoms with Crippen molar-refractivity contribution in [1.29, 1.82) is 0 Å². The van der Waals surface area contributed by atoms with Gasteiger partial charge in [-0.3, -0.25) is 19.3 Å². The number of hydrogen-bond donors (Lipinski definition) is 2. The standard InChI is InChI=1S/C36H44Cl2N4O4/c1-4-41(21-24-11-6-5-7-12-24)16-9-17-42-32(34(44)40-28-13-8-10-22(2)23(28)3)36-15-14-29(46-36)30(31(36)35(42)45)33(43)39-27-19-25(37)18-26(38)20-27/h5-7,11-12,14-15,18-20,22-23,28-32H,4,8-10,13,16-17,21H2,1-3H3,(H,39,43)(H,40,44)/t22-,23+,28+,29-,30+,31-,32-,36-/m0/s1. The second kappa shape index (κ2) is 13.7. The number of nitrogens with zero attached hydrogens (tertiary/aromatic N) is 2. The van der Waals surface area contributed by atoms with Crippen molar-refractivity contribution in [2.45, 2.75) is 76.8 Å². The molecule has 8 atom stereocenters. The Labute approximate surface area is 281 Å². The minimum atomic E-state index is -1.21. The van der Waals surface area contributed by atoms with Gasteiger partial charge in [-0.05, 0) is 55.0 Å². The summed E-state index contributed by atoms with van der Waals surface area (Å²) in [7, 11) is 0. The molecule has 1 aliphatic carbocycles. The van der Waals surface area contributed by atoms with Crippen molar-refractivity contribution >= 4 is 46.6 Å². The van der Waals surface area contributed by atoms with E-state index in [0.29, 0.717) is 40.5 Å². The van der Waals surface area contributed by atoms with Gasteiger partial charge in [-0.15, -0.1) is 0 Å². The molecule has 2 aromatic rings. The fourth-order valence-electron chi connectivity index (χ4n) is 8.06. The topological polar surface area (TPSA) is 91.0 Å². The highest BCUT2D eigenvalue weighted by molar-refractivity contribution is 6.35. The number of carbonyl (C=O) groups excluding carboxylic acids is 3. The molecule has 2 saturated heterocycles. The Hall–Kier alpha value is -2.91. The summed E-state index contributed by atoms with van der Waals surface area (Å²) in [5.74, 6) is -1.56. The smallest absolute Gasteiger partial charge is 0.246 e. The Morgan fingerprint density at radius 2 is 1.80 bits per heavy atom. The molecule has 246 valence electrons. The highest BCUT2D eigenvalue weighted by Gasteiger charge is 2.72. The second-order valence-electron chi connectivity index (χ2n) is 13.5. The van der Waals surface area contributed by atoms with Crippen LogP contribution < -0.4 is 10.6 Å². The zero-order valence-corrected chi connectivity index (χ0v) is 28.3. The molecule has 0 unspecified atom stereocenters. The molecule has 10 heteroatoms. The van der Waals surface area contributed by atoms with Gasteiger partial charge in [0.1, 0.15) is 11.6 Å². The Morgan fingerprint density at radius 3 is 2.52 bits per heavy atom. The van der Waals surface area contributed by atoms with E-state index in [-0.39, 0.29) is 23.8 Å². The molecule has 8 nitrogen and oxygen atoms in total. The van der Waals surface area contributed by atoms with E-state index in [4.69, 9.17) is 27.9 Å². The number of amides is 3. The monoisotopic (exact) mass is 666 g/mol. The molecule has 3 amide bonds. The number of hydrogen-bond acceptors (Lipinski definition) is 5. The molecule has 1 saturated carbocycles. The van der Waals surface area contributed by atoms with Gasteiger partial charge in [0, 0.05) is 41.4 Å². The van der Waals surface area contributed by atoms with Gasteiger partial charge in [0.05, 0.1) is 17.9 Å². The number of nitrogens with one attached hydrogen (secondary N) is 2. The maximum absolute atomic E-state index is 14.4. The van der Waals surface area contributed by atoms with E-state index in [1.165, 1.54) is 5.56 Å². The normalized spacial score (nSPS) is 31.4. The van der Waals surface area contributed by atoms with Crippen LogP contribution in [0.25, 0.3) is 0 Å². The Kier molecular flexibility index (Phi) is 9.81. The van der Waals surface area contributed by atoms with Gasteiger partial charge in [-0.25, -0.2) is 0 Å². The van der Waals surface area contributed by atoms with E-state index in [0.717, 1.165) is 38.9 Å². The molecule has 0 aromatic heterocycles. The highest BCUT2D eigenvalue weighted by atomic mass is 35.5. The lowest BCUT2D eigenvalue weighted by molar-refractivity contribution is -0.141. The quantitative estimate of drug-likeness (QED) is 0.290. The summed E-state index contributed by atoms with van der Waals surface area (Å²) >= 11 is 12.4. The van der Waals surface area contributed by atoms with Gasteiger partial charge in [0.25, 0.3) is 0 Å². The van der Waals surface area contributed by atoms with Crippen molar-refractivity contribution < 1.29 is 19.1 Å². The van der Waals surface area contributed by atoms with Gasteiger partial charge < -0.3 is 20.3 Å². The molecule has 1 spiro atoms. The minimum absolute atomic E-state index is 0.0272. The number of anilines is 1. The predicted molar refractivity (Wildman–Crippen MR) is 180 cm³/mol. The van der Waals surface area contributed by atoms with Gasteiger partial charge in [0.15, 0.2) is 0 Å². The molecule has 2 N–H and O–H groups in total. The number of fused-ring (bicyclic) bond motifs is 1. The van der Waals surface area contributed by atoms with Crippen LogP contribution in [-0.2, 0) is 25.7 Å². The lowest BCUT2D eigenvalue weighted by Gasteiger charge is -2.38. The Morgan fingerprint density at radius 1 is 1.07 bits per heavy atom. The second-order valence-corrected chi connectivity index (χ2v) is 14.3. The van der Waals surface area contributed by atoms with E-state index in [9.17, 15) is 14.4 Å². The Bertz CT molecular complexity index is 1470. The van der Waals surface area contributed by atoms with E-state index >= 15 is 0 Å². The number of benzene rings is 2. The fourth-order valence-corrected chi connectivity index (χ4v) is 8.59. The third-order valence-corrected chi connectivity index (χ3v) is 11.1. The molecule has 46 heavy (non-hydrogen) atoms. The first-order valence-electron chi connectivity index (χ1n) is 16.6. The maximum atomic E-state index is 14.4. The summed E-state index contributed by atoms with van der Waals surface area (Å²) in [5, 5.41) is 7.02. The lowest BCUT2D eigenvalue weighted by Crippen LogP contribution is -2.58. The summed E-state index contributed by atoms with van der Waals surface area (Å²) in [6, 6.07) is 14.3. The summed E-state index contributed by atoms with van der Waals surface area (Å²) in [6.45, 7) is 9.37. The van der Waals surface area contributed by atoms with Crippen molar-refractivity contribution in [2.75, 3.05) is 25.0 Å². The van der Waals surface area contributed by atoms with Crippen LogP contribution >= 0.6 is 23.2 Å². The molecular formula is C36H44Cl2N4O4. The van der Waals surface area contributed by atoms with Crippen LogP contribution in [0.4, 0.5) is 5.69 Å². The van der Waals surface area contributed by atoms with Gasteiger partial charge in [0.2, 0.25) is 17.7 Å². The van der Waals surface area contributed by atoms with Crippen LogP contribution in [0.15, 0.2) is 60.7 Å². The summed E-state index contributed by atoms with van der Waals surface area (Å²) in [6.07, 6.45) is 6.88. The number of halogens is 2. The zero-order valence-electron chi connectivity index (χ0n) is 26.8. The number of ether oxygens (including phenoxy) is 1. The van der Waals surface area contributed by atoms with Crippen molar-refractivity contribution in [1.82, 2.24) is 15.1 Å². The first-order valence-corrected chi connectivity index (χ1v) is 17.4. The van der Waals surface area contributed by atoms with E-state index < -0.39 is 29.6 Å². The summed E-state index contributed by atoms with van der Waals surface area (Å²) < 4.78 is 6.54. The van der Waals surface area contributed by atoms with Crippen molar-refractivity contribution in [3.8, 4) is 0 Å². The average Bonchev–Trinajstić information content (AvgIpc) is 3.66. The maximum Gasteiger partial charge on any atom is 0.246 e. The molecule has 3 aliphatic heterocycles. The average molecular weight is 668 g/mol. The first kappa shape index (κ1) is 33.0. The third-order valence-electron chi connectivity index (χ3n) is 10.7. The predicted octanol–water partition coefficient (Wildman–Crippen LogP) is 5.94. The Balaban J connectivity index is 1.24. The molecule has 4 aliphatic rings. The minimum Gasteiger partial charge on any atom is -0.359 e. The molecule has 3 heterocycles. The van der Waals surface area contributed by atoms with Crippen LogP contribution in [-0.4, -0.2) is 70.9 Å². The van der Waals surface area contributed by atoms with E-state index in [2.05, 4.69) is 48.4 Å². The van der Waals surface area contributed by atoms with Crippen LogP contribution in [0, 0.1) is 23.7 Å². The number of rotatable bonds is 11. The molecular weight excluding hydrogens is 623 g/mol. The largest absolute Gasteiger partial charge is 0.359 e. The SMILES string of the molecule is CCN(CCCN1C(=O)[C@@H]2[C@H](C(=O)Nc3cc(Cl)cc(Cl)c3)[C@@H]3C=C[C@@]2(O3)[C@@H]1C(=O)N[C@@H]1CCC[C@H](C)[C@H]1C)Cc1ccccc1. The molecule has 6 rings (SSSR count). The fraction of sp³-hybridized carbons (Fsp3) is 0.528. The van der Waals surface area contributed by atoms with Gasteiger partial charge in [-0.2, -0.15) is 0 Å². The van der Waals surface area contributed by atoms with Gasteiger partial charge in [-0.1, -0.05) is 99.3 Å². The van der Waals surface area contributed by atoms with Crippen molar-refractivity contribution in [2.24, 2.45) is 23.7 Å². The van der Waals surface area contributed by atoms with Crippen LogP contribution in [0.2, 0.25) is 10.0 Å². The lowest BCUT2D eigenvalue weighted by atomic mass is 9.73. The number of carbonyl (C=O) groups is 3. The van der Waals surface area contributed by atoms with Crippen LogP contribution in [0.1, 0.15) is 52.0 Å². The van der Waals surface area contributed by atoms with Crippen molar-refractivity contribution in [3.05, 3.63) is 76.3 Å². The first-order chi connectivity index (χ1) is 22.1. The van der Waals surface area contributed by atoms with Crippen molar-refractivity contribution in [3.63, 3.8) is 0 Å². The van der Waals surface area contributed by atoms with Crippen LogP contribution in [0.3, 0.4) is 0 Å². The van der Waals surface area contributed by atoms with E-state index in [1.807, 2.05) is 30.4 Å². The van der Waals surface area contributed by atoms with Crippen LogP contribution in [0.5, 0.6) is 0 Å². The van der Waals surface area contributed by atoms with E-state index in [1.54, 1.807) is 23.1 Å². The van der Waals surface area contributed by atoms with Gasteiger partial charge >= 0.3 is 0 Å². The molecule has 2 aromatic carbocycles. The molecule has 0 radical (unpaired) electrons.